The lowest BCUT2D eigenvalue weighted by Crippen LogP contribution is -2.01. The minimum atomic E-state index is -0.516. The van der Waals surface area contributed by atoms with Crippen molar-refractivity contribution in [2.24, 2.45) is 4.99 Å². The van der Waals surface area contributed by atoms with Crippen molar-refractivity contribution in [3.8, 4) is 0 Å². The van der Waals surface area contributed by atoms with Gasteiger partial charge in [0.05, 0.1) is 0 Å². The highest BCUT2D eigenvalue weighted by molar-refractivity contribution is 6.11. The molecule has 1 aliphatic rings. The summed E-state index contributed by atoms with van der Waals surface area (Å²) in [6, 6.07) is 13.8. The van der Waals surface area contributed by atoms with E-state index in [1.54, 1.807) is 24.3 Å². The van der Waals surface area contributed by atoms with Gasteiger partial charge in [-0.25, -0.2) is 14.2 Å². The number of cyclic esters (lactones) is 1. The highest BCUT2D eigenvalue weighted by Crippen LogP contribution is 2.17. The molecule has 0 amide bonds. The molecular formula is C19H14FNO2. The maximum Gasteiger partial charge on any atom is 0.363 e. The Labute approximate surface area is 133 Å². The van der Waals surface area contributed by atoms with Gasteiger partial charge < -0.3 is 4.74 Å². The van der Waals surface area contributed by atoms with Gasteiger partial charge in [-0.1, -0.05) is 42.0 Å². The van der Waals surface area contributed by atoms with Crippen LogP contribution in [0.1, 0.15) is 16.7 Å². The van der Waals surface area contributed by atoms with Gasteiger partial charge in [-0.05, 0) is 42.3 Å². The Morgan fingerprint density at radius 3 is 2.30 bits per heavy atom. The molecule has 0 fully saturated rings. The first kappa shape index (κ1) is 14.9. The van der Waals surface area contributed by atoms with Gasteiger partial charge in [0.2, 0.25) is 5.90 Å². The van der Waals surface area contributed by atoms with Crippen molar-refractivity contribution in [1.29, 1.82) is 0 Å². The normalized spacial score (nSPS) is 16.0. The van der Waals surface area contributed by atoms with Crippen LogP contribution in [0.5, 0.6) is 0 Å². The zero-order valence-corrected chi connectivity index (χ0v) is 12.5. The lowest BCUT2D eigenvalue weighted by atomic mass is 10.1. The van der Waals surface area contributed by atoms with E-state index in [1.807, 2.05) is 37.3 Å². The van der Waals surface area contributed by atoms with E-state index < -0.39 is 5.97 Å². The van der Waals surface area contributed by atoms with Crippen LogP contribution in [0.25, 0.3) is 12.2 Å². The fourth-order valence-corrected chi connectivity index (χ4v) is 2.06. The molecule has 0 aromatic heterocycles. The minimum Gasteiger partial charge on any atom is -0.403 e. The largest absolute Gasteiger partial charge is 0.403 e. The number of halogens is 1. The summed E-state index contributed by atoms with van der Waals surface area (Å²) < 4.78 is 18.0. The maximum atomic E-state index is 12.9. The highest BCUT2D eigenvalue weighted by atomic mass is 19.1. The van der Waals surface area contributed by atoms with Gasteiger partial charge in [0.1, 0.15) is 5.82 Å². The van der Waals surface area contributed by atoms with Crippen molar-refractivity contribution in [2.75, 3.05) is 0 Å². The first-order valence-corrected chi connectivity index (χ1v) is 7.13. The molecule has 0 radical (unpaired) electrons. The topological polar surface area (TPSA) is 38.7 Å². The van der Waals surface area contributed by atoms with Crippen LogP contribution >= 0.6 is 0 Å². The summed E-state index contributed by atoms with van der Waals surface area (Å²) >= 11 is 0. The van der Waals surface area contributed by atoms with Crippen LogP contribution in [0.15, 0.2) is 65.3 Å². The molecular weight excluding hydrogens is 293 g/mol. The van der Waals surface area contributed by atoms with E-state index >= 15 is 0 Å². The molecule has 23 heavy (non-hydrogen) atoms. The third-order valence-electron chi connectivity index (χ3n) is 3.31. The standard InChI is InChI=1S/C19H14FNO2/c1-13-2-4-14(5-3-13)8-11-18-21-17(19(22)23-18)12-15-6-9-16(20)10-7-15/h2-12H,1H3. The summed E-state index contributed by atoms with van der Waals surface area (Å²) in [7, 11) is 0. The van der Waals surface area contributed by atoms with Crippen molar-refractivity contribution >= 4 is 24.0 Å². The number of nitrogens with zero attached hydrogens (tertiary/aromatic N) is 1. The third kappa shape index (κ3) is 3.80. The van der Waals surface area contributed by atoms with Crippen molar-refractivity contribution in [3.63, 3.8) is 0 Å². The van der Waals surface area contributed by atoms with Crippen molar-refractivity contribution in [2.45, 2.75) is 6.92 Å². The molecule has 0 unspecified atom stereocenters. The molecule has 0 spiro atoms. The van der Waals surface area contributed by atoms with Gasteiger partial charge in [-0.15, -0.1) is 0 Å². The molecule has 3 nitrogen and oxygen atoms in total. The number of rotatable bonds is 3. The second kappa shape index (κ2) is 6.40. The summed E-state index contributed by atoms with van der Waals surface area (Å²) in [6.07, 6.45) is 5.04. The zero-order valence-electron chi connectivity index (χ0n) is 12.5. The number of aryl methyl sites for hydroxylation is 1. The fourth-order valence-electron chi connectivity index (χ4n) is 2.06. The first-order chi connectivity index (χ1) is 11.1. The number of ether oxygens (including phenoxy) is 1. The molecule has 0 atom stereocenters. The lowest BCUT2D eigenvalue weighted by Gasteiger charge is -1.95. The molecule has 0 N–H and O–H groups in total. The van der Waals surface area contributed by atoms with Crippen molar-refractivity contribution in [3.05, 3.63) is 82.8 Å². The number of aliphatic imine (C=N–C) groups is 1. The number of hydrogen-bond acceptors (Lipinski definition) is 3. The zero-order chi connectivity index (χ0) is 16.2. The van der Waals surface area contributed by atoms with E-state index in [4.69, 9.17) is 4.74 Å². The van der Waals surface area contributed by atoms with E-state index in [0.29, 0.717) is 5.56 Å². The monoisotopic (exact) mass is 307 g/mol. The molecule has 4 heteroatoms. The minimum absolute atomic E-state index is 0.195. The first-order valence-electron chi connectivity index (χ1n) is 7.13. The average Bonchev–Trinajstić information content (AvgIpc) is 2.89. The van der Waals surface area contributed by atoms with Gasteiger partial charge in [0.25, 0.3) is 0 Å². The summed E-state index contributed by atoms with van der Waals surface area (Å²) in [4.78, 5) is 15.9. The number of benzene rings is 2. The van der Waals surface area contributed by atoms with E-state index in [1.165, 1.54) is 17.7 Å². The van der Waals surface area contributed by atoms with Crippen LogP contribution in [0.2, 0.25) is 0 Å². The summed E-state index contributed by atoms with van der Waals surface area (Å²) in [5, 5.41) is 0. The summed E-state index contributed by atoms with van der Waals surface area (Å²) in [5.74, 6) is -0.604. The fraction of sp³-hybridized carbons (Fsp3) is 0.0526. The quantitative estimate of drug-likeness (QED) is 0.631. The molecule has 2 aromatic rings. The van der Waals surface area contributed by atoms with Crippen molar-refractivity contribution in [1.82, 2.24) is 0 Å². The molecule has 1 heterocycles. The van der Waals surface area contributed by atoms with Gasteiger partial charge >= 0.3 is 5.97 Å². The third-order valence-corrected chi connectivity index (χ3v) is 3.31. The van der Waals surface area contributed by atoms with Crippen LogP contribution < -0.4 is 0 Å². The Bertz CT molecular complexity index is 815. The van der Waals surface area contributed by atoms with Crippen LogP contribution in [-0.4, -0.2) is 11.9 Å². The maximum absolute atomic E-state index is 12.9. The Hall–Kier alpha value is -3.01. The predicted octanol–water partition coefficient (Wildman–Crippen LogP) is 4.14. The molecule has 3 rings (SSSR count). The van der Waals surface area contributed by atoms with Gasteiger partial charge in [0, 0.05) is 6.08 Å². The Morgan fingerprint density at radius 1 is 0.957 bits per heavy atom. The predicted molar refractivity (Wildman–Crippen MR) is 88.1 cm³/mol. The number of carbonyl (C=O) groups is 1. The molecule has 2 aromatic carbocycles. The van der Waals surface area contributed by atoms with E-state index in [9.17, 15) is 9.18 Å². The van der Waals surface area contributed by atoms with Crippen molar-refractivity contribution < 1.29 is 13.9 Å². The second-order valence-electron chi connectivity index (χ2n) is 5.16. The van der Waals surface area contributed by atoms with E-state index in [-0.39, 0.29) is 17.4 Å². The van der Waals surface area contributed by atoms with Gasteiger partial charge in [0.15, 0.2) is 5.70 Å². The van der Waals surface area contributed by atoms with Gasteiger partial charge in [-0.3, -0.25) is 0 Å². The van der Waals surface area contributed by atoms with Crippen LogP contribution in [0, 0.1) is 12.7 Å². The van der Waals surface area contributed by atoms with Crippen LogP contribution in [0.4, 0.5) is 4.39 Å². The smallest absolute Gasteiger partial charge is 0.363 e. The molecule has 1 aliphatic heterocycles. The molecule has 114 valence electrons. The van der Waals surface area contributed by atoms with Crippen LogP contribution in [0.3, 0.4) is 0 Å². The average molecular weight is 307 g/mol. The Balaban J connectivity index is 1.78. The van der Waals surface area contributed by atoms with E-state index in [0.717, 1.165) is 5.56 Å². The molecule has 0 bridgehead atoms. The highest BCUT2D eigenvalue weighted by Gasteiger charge is 2.20. The SMILES string of the molecule is Cc1ccc(C=CC2=NC(=Cc3ccc(F)cc3)C(=O)O2)cc1. The number of carbonyl (C=O) groups excluding carboxylic acids is 1. The second-order valence-corrected chi connectivity index (χ2v) is 5.16. The lowest BCUT2D eigenvalue weighted by molar-refractivity contribution is -0.129. The summed E-state index contributed by atoms with van der Waals surface area (Å²) in [6.45, 7) is 2.02. The summed E-state index contributed by atoms with van der Waals surface area (Å²) in [5.41, 5.74) is 3.05. The Morgan fingerprint density at radius 2 is 1.61 bits per heavy atom. The molecule has 0 saturated heterocycles. The number of hydrogen-bond donors (Lipinski definition) is 0. The molecule has 0 saturated carbocycles. The van der Waals surface area contributed by atoms with Gasteiger partial charge in [-0.2, -0.15) is 0 Å². The number of esters is 1. The molecule has 0 aliphatic carbocycles. The Kier molecular flexibility index (Phi) is 4.15. The van der Waals surface area contributed by atoms with E-state index in [2.05, 4.69) is 4.99 Å². The van der Waals surface area contributed by atoms with Crippen LogP contribution in [-0.2, 0) is 9.53 Å².